The van der Waals surface area contributed by atoms with Gasteiger partial charge < -0.3 is 10.1 Å². The van der Waals surface area contributed by atoms with E-state index in [9.17, 15) is 4.79 Å². The fraction of sp³-hybridized carbons (Fsp3) is 0.381. The molecule has 1 amide bonds. The highest BCUT2D eigenvalue weighted by Crippen LogP contribution is 2.41. The van der Waals surface area contributed by atoms with Gasteiger partial charge in [-0.05, 0) is 57.2 Å². The maximum absolute atomic E-state index is 12.6. The minimum atomic E-state index is -0.514. The van der Waals surface area contributed by atoms with Gasteiger partial charge in [-0.25, -0.2) is 0 Å². The Morgan fingerprint density at radius 3 is 2.08 bits per heavy atom. The highest BCUT2D eigenvalue weighted by molar-refractivity contribution is 5.81. The van der Waals surface area contributed by atoms with Crippen molar-refractivity contribution in [2.75, 3.05) is 0 Å². The maximum Gasteiger partial charge on any atom is 0.261 e. The molecule has 0 heterocycles. The van der Waals surface area contributed by atoms with E-state index in [1.165, 1.54) is 29.5 Å². The first-order chi connectivity index (χ1) is 11.5. The van der Waals surface area contributed by atoms with Crippen molar-refractivity contribution in [2.45, 2.75) is 45.8 Å². The van der Waals surface area contributed by atoms with Crippen molar-refractivity contribution in [3.63, 3.8) is 0 Å². The molecule has 1 aliphatic rings. The number of carbonyl (C=O) groups excluding carboxylic acids is 1. The Morgan fingerprint density at radius 1 is 1.00 bits per heavy atom. The number of carbonyl (C=O) groups is 1. The van der Waals surface area contributed by atoms with E-state index in [-0.39, 0.29) is 11.9 Å². The molecule has 2 unspecified atom stereocenters. The van der Waals surface area contributed by atoms with Crippen LogP contribution in [0, 0.1) is 19.8 Å². The van der Waals surface area contributed by atoms with Gasteiger partial charge in [0.25, 0.3) is 5.91 Å². The zero-order valence-electron chi connectivity index (χ0n) is 14.6. The zero-order valence-corrected chi connectivity index (χ0v) is 14.6. The average Bonchev–Trinajstić information content (AvgIpc) is 3.40. The van der Waals surface area contributed by atoms with Crippen LogP contribution in [0.25, 0.3) is 0 Å². The van der Waals surface area contributed by atoms with Crippen LogP contribution in [0.3, 0.4) is 0 Å². The smallest absolute Gasteiger partial charge is 0.261 e. The van der Waals surface area contributed by atoms with Crippen LogP contribution in [0.2, 0.25) is 0 Å². The van der Waals surface area contributed by atoms with E-state index in [1.54, 1.807) is 6.92 Å². The van der Waals surface area contributed by atoms with Gasteiger partial charge in [-0.3, -0.25) is 4.79 Å². The lowest BCUT2D eigenvalue weighted by atomic mass is 10.0. The Labute approximate surface area is 144 Å². The fourth-order valence-corrected chi connectivity index (χ4v) is 2.82. The summed E-state index contributed by atoms with van der Waals surface area (Å²) in [6.07, 6.45) is 1.83. The number of aryl methyl sites for hydroxylation is 2. The third-order valence-electron chi connectivity index (χ3n) is 4.53. The van der Waals surface area contributed by atoms with Gasteiger partial charge in [0.15, 0.2) is 6.10 Å². The molecule has 1 N–H and O–H groups in total. The summed E-state index contributed by atoms with van der Waals surface area (Å²) in [6, 6.07) is 16.3. The number of nitrogens with one attached hydrogen (secondary N) is 1. The monoisotopic (exact) mass is 323 g/mol. The molecule has 24 heavy (non-hydrogen) atoms. The normalized spacial score (nSPS) is 16.3. The van der Waals surface area contributed by atoms with Crippen molar-refractivity contribution in [1.29, 1.82) is 0 Å². The summed E-state index contributed by atoms with van der Waals surface area (Å²) in [4.78, 5) is 12.6. The van der Waals surface area contributed by atoms with Gasteiger partial charge in [0, 0.05) is 0 Å². The average molecular weight is 323 g/mol. The molecule has 1 aliphatic carbocycles. The van der Waals surface area contributed by atoms with Gasteiger partial charge in [-0.2, -0.15) is 0 Å². The Morgan fingerprint density at radius 2 is 1.54 bits per heavy atom. The molecule has 3 heteroatoms. The van der Waals surface area contributed by atoms with Gasteiger partial charge in [0.2, 0.25) is 0 Å². The van der Waals surface area contributed by atoms with Crippen LogP contribution in [-0.2, 0) is 4.79 Å². The largest absolute Gasteiger partial charge is 0.481 e. The van der Waals surface area contributed by atoms with E-state index in [1.807, 2.05) is 31.2 Å². The van der Waals surface area contributed by atoms with Crippen molar-refractivity contribution < 1.29 is 9.53 Å². The van der Waals surface area contributed by atoms with Crippen LogP contribution in [0.4, 0.5) is 0 Å². The number of amides is 1. The second-order valence-corrected chi connectivity index (χ2v) is 6.81. The lowest BCUT2D eigenvalue weighted by Gasteiger charge is -2.22. The molecule has 0 aliphatic heterocycles. The summed E-state index contributed by atoms with van der Waals surface area (Å²) < 4.78 is 5.78. The highest BCUT2D eigenvalue weighted by atomic mass is 16.5. The molecule has 0 bridgehead atoms. The third-order valence-corrected chi connectivity index (χ3v) is 4.53. The molecule has 2 aromatic rings. The summed E-state index contributed by atoms with van der Waals surface area (Å²) in [5.74, 6) is 1.21. The van der Waals surface area contributed by atoms with Gasteiger partial charge in [-0.1, -0.05) is 47.5 Å². The van der Waals surface area contributed by atoms with Gasteiger partial charge in [0.05, 0.1) is 6.04 Å². The Hall–Kier alpha value is -2.29. The van der Waals surface area contributed by atoms with Crippen molar-refractivity contribution in [3.05, 3.63) is 65.2 Å². The van der Waals surface area contributed by atoms with Crippen molar-refractivity contribution in [3.8, 4) is 5.75 Å². The lowest BCUT2D eigenvalue weighted by Crippen LogP contribution is -2.39. The molecule has 3 rings (SSSR count). The number of ether oxygens (including phenoxy) is 1. The minimum Gasteiger partial charge on any atom is -0.481 e. The van der Waals surface area contributed by atoms with Crippen LogP contribution >= 0.6 is 0 Å². The summed E-state index contributed by atoms with van der Waals surface area (Å²) in [5, 5.41) is 3.18. The Balaban J connectivity index is 1.64. The first-order valence-electron chi connectivity index (χ1n) is 8.63. The molecule has 1 saturated carbocycles. The second-order valence-electron chi connectivity index (χ2n) is 6.81. The summed E-state index contributed by atoms with van der Waals surface area (Å²) >= 11 is 0. The molecular formula is C21H25NO2. The minimum absolute atomic E-state index is 0.0620. The van der Waals surface area contributed by atoms with E-state index in [4.69, 9.17) is 4.74 Å². The molecule has 3 nitrogen and oxygen atoms in total. The van der Waals surface area contributed by atoms with Gasteiger partial charge >= 0.3 is 0 Å². The Bertz CT molecular complexity index is 687. The summed E-state index contributed by atoms with van der Waals surface area (Å²) in [5.41, 5.74) is 3.59. The second kappa shape index (κ2) is 7.08. The number of hydrogen-bond donors (Lipinski definition) is 1. The first kappa shape index (κ1) is 16.6. The topological polar surface area (TPSA) is 38.3 Å². The van der Waals surface area contributed by atoms with Crippen LogP contribution in [0.15, 0.2) is 48.5 Å². The first-order valence-corrected chi connectivity index (χ1v) is 8.63. The Kier molecular flexibility index (Phi) is 4.89. The fourth-order valence-electron chi connectivity index (χ4n) is 2.82. The van der Waals surface area contributed by atoms with Crippen molar-refractivity contribution >= 4 is 5.91 Å². The molecule has 2 atom stereocenters. The van der Waals surface area contributed by atoms with Crippen molar-refractivity contribution in [1.82, 2.24) is 5.32 Å². The molecule has 0 aromatic heterocycles. The van der Waals surface area contributed by atoms with Crippen molar-refractivity contribution in [2.24, 2.45) is 5.92 Å². The number of rotatable bonds is 6. The molecular weight excluding hydrogens is 298 g/mol. The molecule has 0 saturated heterocycles. The van der Waals surface area contributed by atoms with E-state index in [0.717, 1.165) is 5.75 Å². The number of hydrogen-bond acceptors (Lipinski definition) is 2. The zero-order chi connectivity index (χ0) is 17.1. The predicted molar refractivity (Wildman–Crippen MR) is 96.1 cm³/mol. The van der Waals surface area contributed by atoms with E-state index >= 15 is 0 Å². The molecule has 2 aromatic carbocycles. The standard InChI is InChI=1S/C21H25NO2/c1-14-4-8-17(9-5-14)20(18-10-11-18)22-21(23)16(3)24-19-12-6-15(2)7-13-19/h4-9,12-13,16,18,20H,10-11H2,1-3H3,(H,22,23). The van der Waals surface area contributed by atoms with E-state index < -0.39 is 6.10 Å². The summed E-state index contributed by atoms with van der Waals surface area (Å²) in [7, 11) is 0. The van der Waals surface area contributed by atoms with Crippen LogP contribution < -0.4 is 10.1 Å². The molecule has 126 valence electrons. The predicted octanol–water partition coefficient (Wildman–Crippen LogP) is 4.34. The maximum atomic E-state index is 12.6. The molecule has 0 radical (unpaired) electrons. The quantitative estimate of drug-likeness (QED) is 0.859. The molecule has 1 fully saturated rings. The summed E-state index contributed by atoms with van der Waals surface area (Å²) in [6.45, 7) is 5.90. The van der Waals surface area contributed by atoms with E-state index in [0.29, 0.717) is 5.92 Å². The van der Waals surface area contributed by atoms with Crippen LogP contribution in [0.1, 0.15) is 42.5 Å². The van der Waals surface area contributed by atoms with Crippen LogP contribution in [-0.4, -0.2) is 12.0 Å². The lowest BCUT2D eigenvalue weighted by molar-refractivity contribution is -0.128. The van der Waals surface area contributed by atoms with E-state index in [2.05, 4.69) is 36.5 Å². The third kappa shape index (κ3) is 4.16. The van der Waals surface area contributed by atoms with Gasteiger partial charge in [-0.15, -0.1) is 0 Å². The molecule has 0 spiro atoms. The van der Waals surface area contributed by atoms with Gasteiger partial charge in [0.1, 0.15) is 5.75 Å². The van der Waals surface area contributed by atoms with Crippen LogP contribution in [0.5, 0.6) is 5.75 Å². The SMILES string of the molecule is Cc1ccc(OC(C)C(=O)NC(c2ccc(C)cc2)C2CC2)cc1. The highest BCUT2D eigenvalue weighted by Gasteiger charge is 2.34. The number of benzene rings is 2.